The van der Waals surface area contributed by atoms with Crippen molar-refractivity contribution in [3.8, 4) is 0 Å². The Morgan fingerprint density at radius 3 is 3.00 bits per heavy atom. The number of pyridine rings is 1. The first-order valence-corrected chi connectivity index (χ1v) is 5.39. The lowest BCUT2D eigenvalue weighted by Crippen LogP contribution is -2.38. The van der Waals surface area contributed by atoms with Crippen molar-refractivity contribution in [2.45, 2.75) is 18.9 Å². The maximum atomic E-state index is 9.55. The number of piperidine rings is 1. The van der Waals surface area contributed by atoms with Gasteiger partial charge in [0.05, 0.1) is 6.10 Å². The lowest BCUT2D eigenvalue weighted by molar-refractivity contribution is 0.154. The van der Waals surface area contributed by atoms with E-state index in [4.69, 9.17) is 17.3 Å². The maximum Gasteiger partial charge on any atom is 0.133 e. The van der Waals surface area contributed by atoms with Crippen molar-refractivity contribution in [3.63, 3.8) is 0 Å². The molecule has 1 atom stereocenters. The molecule has 1 unspecified atom stereocenters. The van der Waals surface area contributed by atoms with Crippen LogP contribution in [0.3, 0.4) is 0 Å². The van der Waals surface area contributed by atoms with Crippen LogP contribution in [-0.4, -0.2) is 29.3 Å². The number of aliphatic hydroxyl groups excluding tert-OH is 1. The van der Waals surface area contributed by atoms with Crippen molar-refractivity contribution in [1.82, 2.24) is 4.98 Å². The SMILES string of the molecule is Nc1cc(Cl)nc(N2CCCC(O)C2)c1. The van der Waals surface area contributed by atoms with Gasteiger partial charge in [0, 0.05) is 24.8 Å². The van der Waals surface area contributed by atoms with Gasteiger partial charge in [0.25, 0.3) is 0 Å². The van der Waals surface area contributed by atoms with E-state index in [1.165, 1.54) is 0 Å². The van der Waals surface area contributed by atoms with E-state index in [1.54, 1.807) is 12.1 Å². The average molecular weight is 228 g/mol. The van der Waals surface area contributed by atoms with Crippen LogP contribution < -0.4 is 10.6 Å². The number of aliphatic hydroxyl groups is 1. The quantitative estimate of drug-likeness (QED) is 0.710. The van der Waals surface area contributed by atoms with Gasteiger partial charge in [-0.2, -0.15) is 0 Å². The molecule has 3 N–H and O–H groups in total. The Balaban J connectivity index is 2.20. The molecule has 1 aromatic heterocycles. The zero-order valence-electron chi connectivity index (χ0n) is 8.36. The number of β-amino-alcohol motifs (C(OH)–C–C–N with tert-alkyl or cyclic N) is 1. The lowest BCUT2D eigenvalue weighted by atomic mass is 10.1. The first kappa shape index (κ1) is 10.5. The molecule has 1 saturated heterocycles. The highest BCUT2D eigenvalue weighted by molar-refractivity contribution is 6.29. The number of anilines is 2. The molecular formula is C10H14ClN3O. The van der Waals surface area contributed by atoms with Crippen LogP contribution in [-0.2, 0) is 0 Å². The standard InChI is InChI=1S/C10H14ClN3O/c11-9-4-7(12)5-10(13-9)14-3-1-2-8(15)6-14/h4-5,8,15H,1-3,6H2,(H2,12,13). The van der Waals surface area contributed by atoms with Gasteiger partial charge >= 0.3 is 0 Å². The highest BCUT2D eigenvalue weighted by Crippen LogP contribution is 2.22. The Kier molecular flexibility index (Phi) is 2.98. The Hall–Kier alpha value is -1.00. The van der Waals surface area contributed by atoms with Crippen molar-refractivity contribution in [2.75, 3.05) is 23.7 Å². The summed E-state index contributed by atoms with van der Waals surface area (Å²) in [5, 5.41) is 9.94. The van der Waals surface area contributed by atoms with Crippen LogP contribution in [0.15, 0.2) is 12.1 Å². The highest BCUT2D eigenvalue weighted by atomic mass is 35.5. The second-order valence-corrected chi connectivity index (χ2v) is 4.21. The van der Waals surface area contributed by atoms with Crippen molar-refractivity contribution in [1.29, 1.82) is 0 Å². The first-order chi connectivity index (χ1) is 7.15. The van der Waals surface area contributed by atoms with E-state index in [0.29, 0.717) is 17.4 Å². The van der Waals surface area contributed by atoms with E-state index in [2.05, 4.69) is 4.98 Å². The molecule has 0 radical (unpaired) electrons. The fraction of sp³-hybridized carbons (Fsp3) is 0.500. The van der Waals surface area contributed by atoms with Gasteiger partial charge in [-0.1, -0.05) is 11.6 Å². The molecule has 1 aliphatic rings. The number of hydrogen-bond acceptors (Lipinski definition) is 4. The summed E-state index contributed by atoms with van der Waals surface area (Å²) in [4.78, 5) is 6.20. The van der Waals surface area contributed by atoms with Crippen LogP contribution in [0.1, 0.15) is 12.8 Å². The van der Waals surface area contributed by atoms with E-state index in [9.17, 15) is 5.11 Å². The monoisotopic (exact) mass is 227 g/mol. The molecule has 5 heteroatoms. The molecule has 0 amide bonds. The molecule has 2 rings (SSSR count). The van der Waals surface area contributed by atoms with Crippen LogP contribution in [0.5, 0.6) is 0 Å². The summed E-state index contributed by atoms with van der Waals surface area (Å²) in [5.41, 5.74) is 6.29. The van der Waals surface area contributed by atoms with E-state index in [0.717, 1.165) is 25.2 Å². The second kappa shape index (κ2) is 4.24. The maximum absolute atomic E-state index is 9.55. The number of nitrogens with zero attached hydrogens (tertiary/aromatic N) is 2. The molecule has 1 aliphatic heterocycles. The van der Waals surface area contributed by atoms with Crippen molar-refractivity contribution in [2.24, 2.45) is 0 Å². The predicted molar refractivity (Wildman–Crippen MR) is 61.1 cm³/mol. The number of hydrogen-bond donors (Lipinski definition) is 2. The number of halogens is 1. The van der Waals surface area contributed by atoms with Gasteiger partial charge < -0.3 is 15.7 Å². The molecule has 1 fully saturated rings. The Labute approximate surface area is 93.7 Å². The second-order valence-electron chi connectivity index (χ2n) is 3.82. The molecular weight excluding hydrogens is 214 g/mol. The number of rotatable bonds is 1. The zero-order valence-corrected chi connectivity index (χ0v) is 9.11. The highest BCUT2D eigenvalue weighted by Gasteiger charge is 2.19. The van der Waals surface area contributed by atoms with Gasteiger partial charge in [0.1, 0.15) is 11.0 Å². The summed E-state index contributed by atoms with van der Waals surface area (Å²) in [6.07, 6.45) is 1.54. The third-order valence-electron chi connectivity index (χ3n) is 2.52. The minimum atomic E-state index is -0.277. The third kappa shape index (κ3) is 2.52. The molecule has 15 heavy (non-hydrogen) atoms. The molecule has 0 bridgehead atoms. The molecule has 4 nitrogen and oxygen atoms in total. The molecule has 2 heterocycles. The van der Waals surface area contributed by atoms with E-state index in [1.807, 2.05) is 4.90 Å². The van der Waals surface area contributed by atoms with Crippen molar-refractivity contribution in [3.05, 3.63) is 17.3 Å². The topological polar surface area (TPSA) is 62.4 Å². The fourth-order valence-electron chi connectivity index (χ4n) is 1.83. The largest absolute Gasteiger partial charge is 0.399 e. The van der Waals surface area contributed by atoms with Gasteiger partial charge in [0.15, 0.2) is 0 Å². The van der Waals surface area contributed by atoms with E-state index >= 15 is 0 Å². The summed E-state index contributed by atoms with van der Waals surface area (Å²) in [6.45, 7) is 1.50. The Morgan fingerprint density at radius 2 is 2.33 bits per heavy atom. The molecule has 82 valence electrons. The molecule has 0 saturated carbocycles. The summed E-state index contributed by atoms with van der Waals surface area (Å²) in [7, 11) is 0. The fourth-order valence-corrected chi connectivity index (χ4v) is 2.04. The molecule has 0 spiro atoms. The molecule has 0 aromatic carbocycles. The van der Waals surface area contributed by atoms with E-state index in [-0.39, 0.29) is 6.10 Å². The summed E-state index contributed by atoms with van der Waals surface area (Å²) in [5.74, 6) is 0.749. The van der Waals surface area contributed by atoms with Gasteiger partial charge in [-0.05, 0) is 18.9 Å². The number of nitrogens with two attached hydrogens (primary N) is 1. The zero-order chi connectivity index (χ0) is 10.8. The number of aromatic nitrogens is 1. The number of nitrogen functional groups attached to an aromatic ring is 1. The van der Waals surface area contributed by atoms with Gasteiger partial charge in [-0.25, -0.2) is 4.98 Å². The van der Waals surface area contributed by atoms with Gasteiger partial charge in [-0.3, -0.25) is 0 Å². The summed E-state index contributed by atoms with van der Waals surface area (Å²) < 4.78 is 0. The predicted octanol–water partition coefficient (Wildman–Crippen LogP) is 1.28. The first-order valence-electron chi connectivity index (χ1n) is 5.01. The Bertz CT molecular complexity index is 338. The minimum absolute atomic E-state index is 0.277. The van der Waals surface area contributed by atoms with Crippen molar-refractivity contribution < 1.29 is 5.11 Å². The Morgan fingerprint density at radius 1 is 1.53 bits per heavy atom. The van der Waals surface area contributed by atoms with Crippen LogP contribution >= 0.6 is 11.6 Å². The van der Waals surface area contributed by atoms with Crippen LogP contribution in [0.4, 0.5) is 11.5 Å². The third-order valence-corrected chi connectivity index (χ3v) is 2.72. The summed E-state index contributed by atoms with van der Waals surface area (Å²) >= 11 is 5.83. The van der Waals surface area contributed by atoms with Crippen LogP contribution in [0.25, 0.3) is 0 Å². The molecule has 0 aliphatic carbocycles. The van der Waals surface area contributed by atoms with Crippen LogP contribution in [0.2, 0.25) is 5.15 Å². The van der Waals surface area contributed by atoms with Crippen LogP contribution in [0, 0.1) is 0 Å². The molecule has 1 aromatic rings. The van der Waals surface area contributed by atoms with Crippen molar-refractivity contribution >= 4 is 23.1 Å². The van der Waals surface area contributed by atoms with Gasteiger partial charge in [-0.15, -0.1) is 0 Å². The van der Waals surface area contributed by atoms with Gasteiger partial charge in [0.2, 0.25) is 0 Å². The minimum Gasteiger partial charge on any atom is -0.399 e. The van der Waals surface area contributed by atoms with E-state index < -0.39 is 0 Å². The summed E-state index contributed by atoms with van der Waals surface area (Å²) in [6, 6.07) is 3.40. The normalized spacial score (nSPS) is 21.7. The smallest absolute Gasteiger partial charge is 0.133 e. The lowest BCUT2D eigenvalue weighted by Gasteiger charge is -2.31. The average Bonchev–Trinajstić information content (AvgIpc) is 2.16.